The van der Waals surface area contributed by atoms with Gasteiger partial charge in [0.05, 0.1) is 5.39 Å². The third kappa shape index (κ3) is 6.22. The van der Waals surface area contributed by atoms with Crippen LogP contribution in [0, 0.1) is 5.82 Å². The zero-order chi connectivity index (χ0) is 24.8. The SMILES string of the molecule is CN(C)CCCCNc1nc2c(cc1F)c(=O)c(C(=O)NCCN1CCCC1)cn2-c1nccs1. The molecule has 0 atom stereocenters. The maximum atomic E-state index is 14.9. The summed E-state index contributed by atoms with van der Waals surface area (Å²) >= 11 is 1.34. The topological polar surface area (TPSA) is 95.4 Å². The zero-order valence-corrected chi connectivity index (χ0v) is 21.0. The summed E-state index contributed by atoms with van der Waals surface area (Å²) in [5.41, 5.74) is -0.342. The second kappa shape index (κ2) is 11.7. The van der Waals surface area contributed by atoms with E-state index in [-0.39, 0.29) is 22.4 Å². The number of nitrogens with zero attached hydrogens (tertiary/aromatic N) is 5. The van der Waals surface area contributed by atoms with E-state index in [4.69, 9.17) is 0 Å². The fourth-order valence-electron chi connectivity index (χ4n) is 4.18. The molecule has 9 nitrogen and oxygen atoms in total. The molecule has 11 heteroatoms. The van der Waals surface area contributed by atoms with Crippen molar-refractivity contribution in [2.75, 3.05) is 58.7 Å². The summed E-state index contributed by atoms with van der Waals surface area (Å²) in [4.78, 5) is 39.3. The van der Waals surface area contributed by atoms with Crippen molar-refractivity contribution in [1.82, 2.24) is 29.7 Å². The number of anilines is 1. The minimum absolute atomic E-state index is 0.0445. The van der Waals surface area contributed by atoms with Gasteiger partial charge in [-0.1, -0.05) is 0 Å². The molecule has 1 aliphatic heterocycles. The molecule has 1 fully saturated rings. The highest BCUT2D eigenvalue weighted by molar-refractivity contribution is 7.12. The first kappa shape index (κ1) is 25.2. The van der Waals surface area contributed by atoms with Gasteiger partial charge in [-0.25, -0.2) is 14.4 Å². The maximum Gasteiger partial charge on any atom is 0.256 e. The van der Waals surface area contributed by atoms with Gasteiger partial charge in [0, 0.05) is 37.4 Å². The van der Waals surface area contributed by atoms with Gasteiger partial charge in [-0.2, -0.15) is 0 Å². The number of hydrogen-bond donors (Lipinski definition) is 2. The van der Waals surface area contributed by atoms with Gasteiger partial charge in [-0.3, -0.25) is 14.2 Å². The Bertz CT molecular complexity index is 1210. The number of thiazole rings is 1. The van der Waals surface area contributed by atoms with E-state index in [2.05, 4.69) is 30.4 Å². The van der Waals surface area contributed by atoms with E-state index in [0.29, 0.717) is 18.2 Å². The summed E-state index contributed by atoms with van der Waals surface area (Å²) in [5.74, 6) is -1.03. The number of hydrogen-bond acceptors (Lipinski definition) is 8. The van der Waals surface area contributed by atoms with Crippen molar-refractivity contribution in [3.63, 3.8) is 0 Å². The Morgan fingerprint density at radius 2 is 2.03 bits per heavy atom. The van der Waals surface area contributed by atoms with E-state index in [1.165, 1.54) is 30.4 Å². The molecular formula is C24H32FN7O2S. The lowest BCUT2D eigenvalue weighted by atomic mass is 10.1. The Labute approximate surface area is 208 Å². The molecule has 0 aromatic carbocycles. The molecule has 3 aromatic rings. The standard InChI is InChI=1S/C24H32FN7O2S/c1-30(2)10-4-3-7-26-21-19(25)15-17-20(33)18(23(34)27-8-13-31-11-5-6-12-31)16-32(22(17)29-21)24-28-9-14-35-24/h9,14-16H,3-8,10-13H2,1-2H3,(H,26,29)(H,27,34). The highest BCUT2D eigenvalue weighted by atomic mass is 32.1. The van der Waals surface area contributed by atoms with E-state index < -0.39 is 17.2 Å². The lowest BCUT2D eigenvalue weighted by Gasteiger charge is -2.16. The quantitative estimate of drug-likeness (QED) is 0.390. The fraction of sp³-hybridized carbons (Fsp3) is 0.500. The number of pyridine rings is 2. The van der Waals surface area contributed by atoms with Crippen LogP contribution in [0.3, 0.4) is 0 Å². The van der Waals surface area contributed by atoms with Crippen molar-refractivity contribution in [3.8, 4) is 5.13 Å². The Hall–Kier alpha value is -2.89. The number of unbranched alkanes of at least 4 members (excludes halogenated alkanes) is 1. The van der Waals surface area contributed by atoms with Crippen LogP contribution in [0.4, 0.5) is 10.2 Å². The van der Waals surface area contributed by atoms with Crippen LogP contribution in [-0.4, -0.2) is 83.6 Å². The number of halogens is 1. The number of aromatic nitrogens is 3. The fourth-order valence-corrected chi connectivity index (χ4v) is 4.80. The molecule has 3 aromatic heterocycles. The van der Waals surface area contributed by atoms with Crippen molar-refractivity contribution in [2.45, 2.75) is 25.7 Å². The molecule has 188 valence electrons. The van der Waals surface area contributed by atoms with Crippen molar-refractivity contribution in [3.05, 3.63) is 45.4 Å². The van der Waals surface area contributed by atoms with E-state index in [0.717, 1.165) is 45.1 Å². The maximum absolute atomic E-state index is 14.9. The molecule has 4 rings (SSSR count). The summed E-state index contributed by atoms with van der Waals surface area (Å²) in [5, 5.41) is 8.26. The Morgan fingerprint density at radius 1 is 1.23 bits per heavy atom. The lowest BCUT2D eigenvalue weighted by molar-refractivity contribution is 0.0948. The largest absolute Gasteiger partial charge is 0.368 e. The van der Waals surface area contributed by atoms with Gasteiger partial charge in [0.25, 0.3) is 5.91 Å². The molecule has 0 spiro atoms. The van der Waals surface area contributed by atoms with Gasteiger partial charge < -0.3 is 20.4 Å². The Kier molecular flexibility index (Phi) is 8.42. The third-order valence-corrected chi connectivity index (χ3v) is 6.81. The molecule has 4 heterocycles. The van der Waals surface area contributed by atoms with Gasteiger partial charge in [0.2, 0.25) is 5.43 Å². The number of nitrogens with one attached hydrogen (secondary N) is 2. The first-order valence-electron chi connectivity index (χ1n) is 12.0. The molecule has 1 amide bonds. The molecule has 0 aliphatic carbocycles. The van der Waals surface area contributed by atoms with Crippen LogP contribution in [0.5, 0.6) is 0 Å². The highest BCUT2D eigenvalue weighted by Gasteiger charge is 2.20. The smallest absolute Gasteiger partial charge is 0.256 e. The molecule has 1 saturated heterocycles. The van der Waals surface area contributed by atoms with Gasteiger partial charge in [-0.15, -0.1) is 11.3 Å². The number of rotatable bonds is 11. The van der Waals surface area contributed by atoms with Crippen LogP contribution in [0.2, 0.25) is 0 Å². The molecule has 2 N–H and O–H groups in total. The van der Waals surface area contributed by atoms with Crippen LogP contribution in [0.15, 0.2) is 28.6 Å². The average Bonchev–Trinajstić information content (AvgIpc) is 3.54. The van der Waals surface area contributed by atoms with E-state index in [1.54, 1.807) is 16.1 Å². The van der Waals surface area contributed by atoms with Crippen LogP contribution >= 0.6 is 11.3 Å². The monoisotopic (exact) mass is 501 g/mol. The van der Waals surface area contributed by atoms with Crippen LogP contribution < -0.4 is 16.1 Å². The van der Waals surface area contributed by atoms with E-state index in [1.807, 2.05) is 14.1 Å². The minimum Gasteiger partial charge on any atom is -0.368 e. The molecule has 35 heavy (non-hydrogen) atoms. The third-order valence-electron chi connectivity index (χ3n) is 6.04. The minimum atomic E-state index is -0.625. The predicted octanol–water partition coefficient (Wildman–Crippen LogP) is 2.56. The number of likely N-dealkylation sites (tertiary alicyclic amines) is 1. The van der Waals surface area contributed by atoms with Gasteiger partial charge in [-0.05, 0) is 65.5 Å². The number of amides is 1. The molecule has 0 saturated carbocycles. The van der Waals surface area contributed by atoms with Gasteiger partial charge in [0.15, 0.2) is 22.4 Å². The number of fused-ring (bicyclic) bond motifs is 1. The summed E-state index contributed by atoms with van der Waals surface area (Å²) in [6.07, 6.45) is 7.25. The molecule has 0 unspecified atom stereocenters. The van der Waals surface area contributed by atoms with Gasteiger partial charge >= 0.3 is 0 Å². The number of carbonyl (C=O) groups is 1. The Morgan fingerprint density at radius 3 is 2.74 bits per heavy atom. The lowest BCUT2D eigenvalue weighted by Crippen LogP contribution is -2.36. The van der Waals surface area contributed by atoms with Crippen molar-refractivity contribution >= 4 is 34.1 Å². The molecular weight excluding hydrogens is 469 g/mol. The predicted molar refractivity (Wildman–Crippen MR) is 137 cm³/mol. The van der Waals surface area contributed by atoms with Crippen molar-refractivity contribution < 1.29 is 9.18 Å². The summed E-state index contributed by atoms with van der Waals surface area (Å²) in [6.45, 7) is 4.74. The van der Waals surface area contributed by atoms with Crippen LogP contribution in [-0.2, 0) is 0 Å². The molecule has 1 aliphatic rings. The van der Waals surface area contributed by atoms with Crippen molar-refractivity contribution in [1.29, 1.82) is 0 Å². The normalized spacial score (nSPS) is 14.2. The first-order valence-corrected chi connectivity index (χ1v) is 12.9. The van der Waals surface area contributed by atoms with Crippen LogP contribution in [0.25, 0.3) is 16.2 Å². The zero-order valence-electron chi connectivity index (χ0n) is 20.2. The second-order valence-corrected chi connectivity index (χ2v) is 9.86. The number of carbonyl (C=O) groups excluding carboxylic acids is 1. The second-order valence-electron chi connectivity index (χ2n) is 8.99. The van der Waals surface area contributed by atoms with Crippen molar-refractivity contribution in [2.24, 2.45) is 0 Å². The molecule has 0 bridgehead atoms. The molecule has 0 radical (unpaired) electrons. The highest BCUT2D eigenvalue weighted by Crippen LogP contribution is 2.22. The van der Waals surface area contributed by atoms with E-state index >= 15 is 0 Å². The summed E-state index contributed by atoms with van der Waals surface area (Å²) < 4.78 is 16.5. The average molecular weight is 502 g/mol. The van der Waals surface area contributed by atoms with E-state index in [9.17, 15) is 14.0 Å². The Balaban J connectivity index is 1.60. The van der Waals surface area contributed by atoms with Crippen LogP contribution in [0.1, 0.15) is 36.0 Å². The first-order chi connectivity index (χ1) is 16.9. The summed E-state index contributed by atoms with van der Waals surface area (Å²) in [7, 11) is 4.02. The summed E-state index contributed by atoms with van der Waals surface area (Å²) in [6, 6.07) is 1.16. The van der Waals surface area contributed by atoms with Gasteiger partial charge in [0.1, 0.15) is 5.56 Å².